The number of hydrogen-bond donors (Lipinski definition) is 1. The number of esters is 1. The number of nitrogens with zero attached hydrogens (tertiary/aromatic N) is 2. The lowest BCUT2D eigenvalue weighted by Gasteiger charge is -2.37. The van der Waals surface area contributed by atoms with E-state index in [9.17, 15) is 9.90 Å². The van der Waals surface area contributed by atoms with Crippen LogP contribution in [0.1, 0.15) is 29.8 Å². The standard InChI is InChI=1S/C14H20N2O3/c1-15-7-3-4-10(15)14(18)19-12-6-5-9-8-11(17)13(12)16(9)2/h3-4,7,9,11-13,17H,5-6,8H2,1-2H3. The predicted molar refractivity (Wildman–Crippen MR) is 69.8 cm³/mol. The second-order valence-corrected chi connectivity index (χ2v) is 5.64. The van der Waals surface area contributed by atoms with Gasteiger partial charge in [-0.2, -0.15) is 0 Å². The quantitative estimate of drug-likeness (QED) is 0.802. The van der Waals surface area contributed by atoms with Crippen LogP contribution >= 0.6 is 0 Å². The summed E-state index contributed by atoms with van der Waals surface area (Å²) in [5.41, 5.74) is 0.553. The molecular formula is C14H20N2O3. The molecule has 0 aliphatic carbocycles. The van der Waals surface area contributed by atoms with E-state index in [0.717, 1.165) is 19.3 Å². The number of hydrogen-bond acceptors (Lipinski definition) is 4. The Labute approximate surface area is 112 Å². The van der Waals surface area contributed by atoms with Crippen molar-refractivity contribution in [3.05, 3.63) is 24.0 Å². The molecule has 0 saturated carbocycles. The largest absolute Gasteiger partial charge is 0.456 e. The summed E-state index contributed by atoms with van der Waals surface area (Å²) >= 11 is 0. The van der Waals surface area contributed by atoms with Crippen molar-refractivity contribution >= 4 is 5.97 Å². The van der Waals surface area contributed by atoms with Gasteiger partial charge in [0, 0.05) is 19.3 Å². The van der Waals surface area contributed by atoms with Crippen molar-refractivity contribution in [3.63, 3.8) is 0 Å². The Morgan fingerprint density at radius 3 is 2.89 bits per heavy atom. The first-order valence-electron chi connectivity index (χ1n) is 6.80. The molecule has 2 fully saturated rings. The second kappa shape index (κ2) is 4.65. The first-order chi connectivity index (χ1) is 9.08. The molecule has 5 nitrogen and oxygen atoms in total. The molecule has 3 heterocycles. The summed E-state index contributed by atoms with van der Waals surface area (Å²) in [6.45, 7) is 0. The Morgan fingerprint density at radius 2 is 2.21 bits per heavy atom. The van der Waals surface area contributed by atoms with Crippen molar-refractivity contribution in [2.45, 2.75) is 43.6 Å². The molecule has 1 N–H and O–H groups in total. The van der Waals surface area contributed by atoms with Crippen LogP contribution in [0, 0.1) is 0 Å². The maximum atomic E-state index is 12.1. The second-order valence-electron chi connectivity index (χ2n) is 5.64. The number of aliphatic hydroxyl groups excluding tert-OH is 1. The SMILES string of the molecule is CN1C2CCC(OC(=O)c3cccn3C)C1C(O)C2. The monoisotopic (exact) mass is 264 g/mol. The van der Waals surface area contributed by atoms with Crippen LogP contribution < -0.4 is 0 Å². The molecule has 104 valence electrons. The number of piperidine rings is 1. The molecule has 4 atom stereocenters. The Morgan fingerprint density at radius 1 is 1.42 bits per heavy atom. The van der Waals surface area contributed by atoms with Gasteiger partial charge in [-0.25, -0.2) is 4.79 Å². The minimum absolute atomic E-state index is 0.0528. The van der Waals surface area contributed by atoms with Gasteiger partial charge >= 0.3 is 5.97 Å². The number of fused-ring (bicyclic) bond motifs is 2. The first-order valence-corrected chi connectivity index (χ1v) is 6.80. The van der Waals surface area contributed by atoms with Gasteiger partial charge in [-0.15, -0.1) is 0 Å². The highest BCUT2D eigenvalue weighted by Crippen LogP contribution is 2.36. The van der Waals surface area contributed by atoms with Gasteiger partial charge in [0.1, 0.15) is 11.8 Å². The molecule has 0 spiro atoms. The summed E-state index contributed by atoms with van der Waals surface area (Å²) in [6, 6.07) is 3.96. The van der Waals surface area contributed by atoms with E-state index < -0.39 is 0 Å². The Hall–Kier alpha value is -1.33. The van der Waals surface area contributed by atoms with Gasteiger partial charge in [0.2, 0.25) is 0 Å². The molecular weight excluding hydrogens is 244 g/mol. The number of carbonyl (C=O) groups is 1. The Bertz CT molecular complexity index is 485. The Kier molecular flexibility index (Phi) is 3.11. The molecule has 1 aromatic rings. The van der Waals surface area contributed by atoms with E-state index in [4.69, 9.17) is 4.74 Å². The lowest BCUT2D eigenvalue weighted by atomic mass is 10.00. The fourth-order valence-electron chi connectivity index (χ4n) is 3.46. The number of carbonyl (C=O) groups excluding carboxylic acids is 1. The molecule has 0 amide bonds. The number of likely N-dealkylation sites (N-methyl/N-ethyl adjacent to an activating group) is 1. The maximum absolute atomic E-state index is 12.1. The zero-order chi connectivity index (χ0) is 13.6. The van der Waals surface area contributed by atoms with E-state index >= 15 is 0 Å². The van der Waals surface area contributed by atoms with Crippen molar-refractivity contribution in [2.75, 3.05) is 7.05 Å². The molecule has 2 bridgehead atoms. The van der Waals surface area contributed by atoms with Crippen molar-refractivity contribution in [3.8, 4) is 0 Å². The molecule has 2 aliphatic heterocycles. The van der Waals surface area contributed by atoms with Crippen LogP contribution in [0.25, 0.3) is 0 Å². The number of aromatic nitrogens is 1. The Balaban J connectivity index is 1.73. The highest BCUT2D eigenvalue weighted by atomic mass is 16.5. The van der Waals surface area contributed by atoms with Crippen molar-refractivity contribution in [1.82, 2.24) is 9.47 Å². The summed E-state index contributed by atoms with van der Waals surface area (Å²) in [7, 11) is 3.83. The smallest absolute Gasteiger partial charge is 0.355 e. The third-order valence-corrected chi connectivity index (χ3v) is 4.53. The topological polar surface area (TPSA) is 54.7 Å². The fraction of sp³-hybridized carbons (Fsp3) is 0.643. The van der Waals surface area contributed by atoms with Gasteiger partial charge in [0.15, 0.2) is 0 Å². The molecule has 19 heavy (non-hydrogen) atoms. The van der Waals surface area contributed by atoms with Crippen LogP contribution in [-0.2, 0) is 11.8 Å². The van der Waals surface area contributed by atoms with Crippen LogP contribution in [-0.4, -0.2) is 51.9 Å². The molecule has 2 aliphatic rings. The van der Waals surface area contributed by atoms with Gasteiger partial charge in [-0.3, -0.25) is 4.90 Å². The number of aliphatic hydroxyl groups is 1. The van der Waals surface area contributed by atoms with E-state index in [0.29, 0.717) is 11.7 Å². The third-order valence-electron chi connectivity index (χ3n) is 4.53. The molecule has 3 rings (SSSR count). The zero-order valence-electron chi connectivity index (χ0n) is 11.3. The minimum atomic E-state index is -0.385. The van der Waals surface area contributed by atoms with Gasteiger partial charge in [-0.05, 0) is 38.4 Å². The molecule has 0 aromatic carbocycles. The van der Waals surface area contributed by atoms with E-state index in [-0.39, 0.29) is 24.2 Å². The summed E-state index contributed by atoms with van der Waals surface area (Å²) in [6.07, 6.45) is 3.84. The number of rotatable bonds is 2. The lowest BCUT2D eigenvalue weighted by Crippen LogP contribution is -2.50. The summed E-state index contributed by atoms with van der Waals surface area (Å²) in [5, 5.41) is 10.1. The van der Waals surface area contributed by atoms with Crippen LogP contribution in [0.4, 0.5) is 0 Å². The van der Waals surface area contributed by atoms with E-state index in [2.05, 4.69) is 4.90 Å². The summed E-state index contributed by atoms with van der Waals surface area (Å²) in [4.78, 5) is 14.3. The summed E-state index contributed by atoms with van der Waals surface area (Å²) < 4.78 is 7.38. The highest BCUT2D eigenvalue weighted by Gasteiger charge is 2.47. The lowest BCUT2D eigenvalue weighted by molar-refractivity contribution is -0.0331. The zero-order valence-corrected chi connectivity index (χ0v) is 11.3. The average molecular weight is 264 g/mol. The van der Waals surface area contributed by atoms with Gasteiger partial charge in [0.25, 0.3) is 0 Å². The van der Waals surface area contributed by atoms with Gasteiger partial charge in [0.05, 0.1) is 12.1 Å². The number of ether oxygens (including phenoxy) is 1. The molecule has 1 aromatic heterocycles. The molecule has 0 radical (unpaired) electrons. The predicted octanol–water partition coefficient (Wildman–Crippen LogP) is 0.778. The van der Waals surface area contributed by atoms with Crippen molar-refractivity contribution in [1.29, 1.82) is 0 Å². The van der Waals surface area contributed by atoms with Gasteiger partial charge < -0.3 is 14.4 Å². The normalized spacial score (nSPS) is 34.5. The van der Waals surface area contributed by atoms with E-state index in [1.807, 2.05) is 26.4 Å². The van der Waals surface area contributed by atoms with Crippen LogP contribution in [0.5, 0.6) is 0 Å². The van der Waals surface area contributed by atoms with E-state index in [1.165, 1.54) is 0 Å². The highest BCUT2D eigenvalue weighted by molar-refractivity contribution is 5.87. The average Bonchev–Trinajstić information content (AvgIpc) is 2.84. The maximum Gasteiger partial charge on any atom is 0.355 e. The van der Waals surface area contributed by atoms with E-state index in [1.54, 1.807) is 10.6 Å². The van der Waals surface area contributed by atoms with Crippen molar-refractivity contribution in [2.24, 2.45) is 7.05 Å². The van der Waals surface area contributed by atoms with Crippen LogP contribution in [0.2, 0.25) is 0 Å². The summed E-state index contributed by atoms with van der Waals surface area (Å²) in [5.74, 6) is -0.302. The first kappa shape index (κ1) is 12.7. The van der Waals surface area contributed by atoms with Crippen LogP contribution in [0.15, 0.2) is 18.3 Å². The molecule has 2 saturated heterocycles. The third kappa shape index (κ3) is 2.07. The van der Waals surface area contributed by atoms with Crippen LogP contribution in [0.3, 0.4) is 0 Å². The fourth-order valence-corrected chi connectivity index (χ4v) is 3.46. The number of aryl methyl sites for hydroxylation is 1. The van der Waals surface area contributed by atoms with Crippen molar-refractivity contribution < 1.29 is 14.6 Å². The molecule has 5 heteroatoms. The molecule has 4 unspecified atom stereocenters. The van der Waals surface area contributed by atoms with Gasteiger partial charge in [-0.1, -0.05) is 0 Å². The minimum Gasteiger partial charge on any atom is -0.456 e.